The molecule has 21 heavy (non-hydrogen) atoms. The Kier molecular flexibility index (Phi) is 3.96. The van der Waals surface area contributed by atoms with Crippen LogP contribution >= 0.6 is 11.3 Å². The molecule has 0 fully saturated rings. The Morgan fingerprint density at radius 1 is 1.29 bits per heavy atom. The monoisotopic (exact) mass is 302 g/mol. The van der Waals surface area contributed by atoms with Crippen molar-refractivity contribution in [1.29, 1.82) is 0 Å². The predicted octanol–water partition coefficient (Wildman–Crippen LogP) is 2.36. The lowest BCUT2D eigenvalue weighted by Gasteiger charge is -2.06. The van der Waals surface area contributed by atoms with Gasteiger partial charge in [-0.3, -0.25) is 4.79 Å². The Hall–Kier alpha value is -1.82. The highest BCUT2D eigenvalue weighted by atomic mass is 32.1. The predicted molar refractivity (Wildman–Crippen MR) is 81.4 cm³/mol. The van der Waals surface area contributed by atoms with Gasteiger partial charge in [-0.2, -0.15) is 0 Å². The second-order valence-electron chi connectivity index (χ2n) is 5.28. The summed E-state index contributed by atoms with van der Waals surface area (Å²) in [6, 6.07) is 0. The number of nitrogens with one attached hydrogen (secondary N) is 1. The zero-order valence-electron chi connectivity index (χ0n) is 12.3. The van der Waals surface area contributed by atoms with Crippen molar-refractivity contribution < 1.29 is 4.79 Å². The quantitative estimate of drug-likeness (QED) is 0.945. The zero-order chi connectivity index (χ0) is 14.8. The molecule has 1 N–H and O–H groups in total. The number of rotatable bonds is 3. The standard InChI is InChI=1S/C15H18N4OS/c1-9-11(7-16-10(2)18-9)15(20)17-8-14-19-12-5-3-4-6-13(12)21-14/h7H,3-6,8H2,1-2H3,(H,17,20). The number of nitrogens with zero attached hydrogens (tertiary/aromatic N) is 3. The maximum absolute atomic E-state index is 12.2. The van der Waals surface area contributed by atoms with Crippen LogP contribution in [-0.2, 0) is 19.4 Å². The molecule has 3 rings (SSSR count). The van der Waals surface area contributed by atoms with Gasteiger partial charge in [-0.25, -0.2) is 15.0 Å². The first-order valence-corrected chi connectivity index (χ1v) is 8.01. The van der Waals surface area contributed by atoms with Gasteiger partial charge in [-0.15, -0.1) is 11.3 Å². The Balaban J connectivity index is 1.67. The van der Waals surface area contributed by atoms with Crippen molar-refractivity contribution in [2.24, 2.45) is 0 Å². The van der Waals surface area contributed by atoms with Crippen LogP contribution in [0.1, 0.15) is 50.3 Å². The summed E-state index contributed by atoms with van der Waals surface area (Å²) in [5.74, 6) is 0.539. The van der Waals surface area contributed by atoms with E-state index in [1.807, 2.05) is 13.8 Å². The van der Waals surface area contributed by atoms with E-state index < -0.39 is 0 Å². The maximum atomic E-state index is 12.2. The van der Waals surface area contributed by atoms with Crippen molar-refractivity contribution in [1.82, 2.24) is 20.3 Å². The normalized spacial score (nSPS) is 13.8. The number of hydrogen-bond donors (Lipinski definition) is 1. The molecule has 2 aromatic rings. The van der Waals surface area contributed by atoms with Crippen LogP contribution in [0.4, 0.5) is 0 Å². The van der Waals surface area contributed by atoms with Gasteiger partial charge in [0.15, 0.2) is 0 Å². The fourth-order valence-electron chi connectivity index (χ4n) is 2.54. The molecule has 6 heteroatoms. The molecule has 5 nitrogen and oxygen atoms in total. The van der Waals surface area contributed by atoms with Crippen LogP contribution in [0.25, 0.3) is 0 Å². The molecule has 0 radical (unpaired) electrons. The Morgan fingerprint density at radius 3 is 2.86 bits per heavy atom. The van der Waals surface area contributed by atoms with Gasteiger partial charge in [0, 0.05) is 11.1 Å². The first-order chi connectivity index (χ1) is 10.1. The third-order valence-electron chi connectivity index (χ3n) is 3.63. The fraction of sp³-hybridized carbons (Fsp3) is 0.467. The molecule has 2 heterocycles. The molecule has 0 aromatic carbocycles. The smallest absolute Gasteiger partial charge is 0.255 e. The van der Waals surface area contributed by atoms with Crippen molar-refractivity contribution in [2.45, 2.75) is 46.1 Å². The molecule has 1 aliphatic carbocycles. The minimum absolute atomic E-state index is 0.138. The van der Waals surface area contributed by atoms with Crippen LogP contribution in [-0.4, -0.2) is 20.9 Å². The number of amides is 1. The van der Waals surface area contributed by atoms with E-state index in [9.17, 15) is 4.79 Å². The number of aromatic nitrogens is 3. The van der Waals surface area contributed by atoms with E-state index in [0.717, 1.165) is 17.8 Å². The molecule has 0 bridgehead atoms. The van der Waals surface area contributed by atoms with Gasteiger partial charge < -0.3 is 5.32 Å². The average Bonchev–Trinajstić information content (AvgIpc) is 2.87. The van der Waals surface area contributed by atoms with Crippen molar-refractivity contribution in [3.8, 4) is 0 Å². The summed E-state index contributed by atoms with van der Waals surface area (Å²) in [5, 5.41) is 3.90. The summed E-state index contributed by atoms with van der Waals surface area (Å²) in [7, 11) is 0. The van der Waals surface area contributed by atoms with Gasteiger partial charge in [-0.05, 0) is 39.5 Å². The van der Waals surface area contributed by atoms with E-state index in [4.69, 9.17) is 0 Å². The van der Waals surface area contributed by atoms with Crippen LogP contribution in [0, 0.1) is 13.8 Å². The SMILES string of the molecule is Cc1ncc(C(=O)NCc2nc3c(s2)CCCC3)c(C)n1. The van der Waals surface area contributed by atoms with E-state index in [1.165, 1.54) is 23.4 Å². The molecular formula is C15H18N4OS. The first kappa shape index (κ1) is 14.1. The topological polar surface area (TPSA) is 67.8 Å². The summed E-state index contributed by atoms with van der Waals surface area (Å²) in [6.07, 6.45) is 6.26. The summed E-state index contributed by atoms with van der Waals surface area (Å²) in [5.41, 5.74) is 2.46. The van der Waals surface area contributed by atoms with Crippen LogP contribution in [0.5, 0.6) is 0 Å². The second kappa shape index (κ2) is 5.89. The fourth-order valence-corrected chi connectivity index (χ4v) is 3.63. The van der Waals surface area contributed by atoms with Crippen molar-refractivity contribution >= 4 is 17.2 Å². The highest BCUT2D eigenvalue weighted by Crippen LogP contribution is 2.26. The van der Waals surface area contributed by atoms with E-state index in [-0.39, 0.29) is 5.91 Å². The molecular weight excluding hydrogens is 284 g/mol. The lowest BCUT2D eigenvalue weighted by Crippen LogP contribution is -2.24. The van der Waals surface area contributed by atoms with Gasteiger partial charge >= 0.3 is 0 Å². The summed E-state index contributed by atoms with van der Waals surface area (Å²) >= 11 is 1.72. The van der Waals surface area contributed by atoms with E-state index >= 15 is 0 Å². The van der Waals surface area contributed by atoms with Crippen molar-refractivity contribution in [2.75, 3.05) is 0 Å². The molecule has 0 saturated heterocycles. The van der Waals surface area contributed by atoms with Gasteiger partial charge in [0.1, 0.15) is 10.8 Å². The molecule has 0 unspecified atom stereocenters. The van der Waals surface area contributed by atoms with Crippen LogP contribution in [0.15, 0.2) is 6.20 Å². The first-order valence-electron chi connectivity index (χ1n) is 7.19. The minimum Gasteiger partial charge on any atom is -0.345 e. The van der Waals surface area contributed by atoms with Crippen molar-refractivity contribution in [3.05, 3.63) is 38.9 Å². The Bertz CT molecular complexity index is 657. The third kappa shape index (κ3) is 3.10. The number of fused-ring (bicyclic) bond motifs is 1. The largest absolute Gasteiger partial charge is 0.345 e. The highest BCUT2D eigenvalue weighted by molar-refractivity contribution is 7.11. The number of aryl methyl sites for hydroxylation is 4. The number of thiazole rings is 1. The number of carbonyl (C=O) groups excluding carboxylic acids is 1. The molecule has 0 saturated carbocycles. The molecule has 0 aliphatic heterocycles. The lowest BCUT2D eigenvalue weighted by atomic mass is 10.0. The molecule has 0 atom stereocenters. The van der Waals surface area contributed by atoms with Crippen LogP contribution < -0.4 is 5.32 Å². The Labute approximate surface area is 127 Å². The van der Waals surface area contributed by atoms with Crippen molar-refractivity contribution in [3.63, 3.8) is 0 Å². The molecule has 110 valence electrons. The summed E-state index contributed by atoms with van der Waals surface area (Å²) in [6.45, 7) is 4.12. The zero-order valence-corrected chi connectivity index (χ0v) is 13.1. The summed E-state index contributed by atoms with van der Waals surface area (Å²) in [4.78, 5) is 26.5. The molecule has 2 aromatic heterocycles. The maximum Gasteiger partial charge on any atom is 0.255 e. The molecule has 1 amide bonds. The van der Waals surface area contributed by atoms with Gasteiger partial charge in [-0.1, -0.05) is 0 Å². The van der Waals surface area contributed by atoms with E-state index in [2.05, 4.69) is 20.3 Å². The van der Waals surface area contributed by atoms with E-state index in [0.29, 0.717) is 23.6 Å². The molecule has 1 aliphatic rings. The van der Waals surface area contributed by atoms with Crippen LogP contribution in [0.2, 0.25) is 0 Å². The highest BCUT2D eigenvalue weighted by Gasteiger charge is 2.16. The third-order valence-corrected chi connectivity index (χ3v) is 4.79. The van der Waals surface area contributed by atoms with Gasteiger partial charge in [0.05, 0.1) is 23.5 Å². The van der Waals surface area contributed by atoms with E-state index in [1.54, 1.807) is 17.5 Å². The number of carbonyl (C=O) groups is 1. The lowest BCUT2D eigenvalue weighted by molar-refractivity contribution is 0.0949. The second-order valence-corrected chi connectivity index (χ2v) is 6.45. The number of hydrogen-bond acceptors (Lipinski definition) is 5. The van der Waals surface area contributed by atoms with Crippen LogP contribution in [0.3, 0.4) is 0 Å². The minimum atomic E-state index is -0.138. The average molecular weight is 302 g/mol. The Morgan fingerprint density at radius 2 is 2.10 bits per heavy atom. The van der Waals surface area contributed by atoms with Gasteiger partial charge in [0.2, 0.25) is 0 Å². The van der Waals surface area contributed by atoms with Gasteiger partial charge in [0.25, 0.3) is 5.91 Å². The summed E-state index contributed by atoms with van der Waals surface area (Å²) < 4.78 is 0. The molecule has 0 spiro atoms.